The molecule has 4 saturated carbocycles. The van der Waals surface area contributed by atoms with Gasteiger partial charge in [0.25, 0.3) is 5.56 Å². The molecule has 1 spiro atoms. The van der Waals surface area contributed by atoms with E-state index in [1.807, 2.05) is 76.5 Å². The van der Waals surface area contributed by atoms with Gasteiger partial charge in [-0.25, -0.2) is 4.98 Å². The number of hydrogen-bond acceptors (Lipinski definition) is 9. The SMILES string of the molecule is Cc1ncsc1-c1ccc([C@H](C)NC(=O)[C@@H]2C[C@@H](O)CN2C(=O)[C@@H](NC(=O)C23CCC(CN4CCC(c5ccc6c(c5)C5(CCCCC5)c5nc(=O)c7c(Br)cccc7n5-6)CC4)(CC2)CC3)C(C)(C)C)cc1. The van der Waals surface area contributed by atoms with Crippen molar-refractivity contribution in [2.24, 2.45) is 16.2 Å². The quantitative estimate of drug-likeness (QED) is 0.125. The first-order valence-electron chi connectivity index (χ1n) is 26.7. The highest BCUT2D eigenvalue weighted by Gasteiger charge is 2.55. The van der Waals surface area contributed by atoms with Gasteiger partial charge in [0, 0.05) is 29.4 Å². The van der Waals surface area contributed by atoms with Gasteiger partial charge in [-0.2, -0.15) is 4.98 Å². The molecule has 12 rings (SSSR count). The van der Waals surface area contributed by atoms with Gasteiger partial charge in [0.05, 0.1) is 50.2 Å². The van der Waals surface area contributed by atoms with Crippen LogP contribution in [0, 0.1) is 23.2 Å². The molecule has 2 bridgehead atoms. The van der Waals surface area contributed by atoms with Crippen molar-refractivity contribution >= 4 is 55.9 Å². The van der Waals surface area contributed by atoms with E-state index in [1.54, 1.807) is 11.3 Å². The van der Waals surface area contributed by atoms with Crippen molar-refractivity contribution in [1.82, 2.24) is 35.0 Å². The molecule has 14 heteroatoms. The molecular formula is C58H70BrN7O5S. The summed E-state index contributed by atoms with van der Waals surface area (Å²) >= 11 is 5.25. The first kappa shape index (κ1) is 49.5. The third-order valence-electron chi connectivity index (χ3n) is 18.3. The number of β-amino-alcohol motifs (C(OH)–C–C–N with tert-alkyl or cyclic N) is 1. The zero-order valence-corrected chi connectivity index (χ0v) is 45.0. The smallest absolute Gasteiger partial charge is 0.281 e. The van der Waals surface area contributed by atoms with Crippen molar-refractivity contribution in [3.8, 4) is 16.1 Å². The van der Waals surface area contributed by atoms with Crippen LogP contribution in [0.4, 0.5) is 0 Å². The number of aromatic nitrogens is 3. The number of carbonyl (C=O) groups is 3. The van der Waals surface area contributed by atoms with Gasteiger partial charge in [0.2, 0.25) is 17.7 Å². The lowest BCUT2D eigenvalue weighted by Gasteiger charge is -2.54. The average molecular weight is 1060 g/mol. The maximum absolute atomic E-state index is 14.6. The van der Waals surface area contributed by atoms with Crippen LogP contribution < -0.4 is 16.2 Å². The number of halogens is 1. The van der Waals surface area contributed by atoms with E-state index < -0.39 is 29.0 Å². The number of aliphatic hydroxyl groups is 1. The fourth-order valence-electron chi connectivity index (χ4n) is 14.0. The Labute approximate surface area is 435 Å². The summed E-state index contributed by atoms with van der Waals surface area (Å²) < 4.78 is 3.08. The highest BCUT2D eigenvalue weighted by molar-refractivity contribution is 9.10. The molecule has 2 aromatic heterocycles. The number of hydrogen-bond donors (Lipinski definition) is 3. The number of likely N-dealkylation sites (tertiary alicyclic amines) is 2. The summed E-state index contributed by atoms with van der Waals surface area (Å²) in [6.45, 7) is 13.0. The second kappa shape index (κ2) is 18.9. The number of amides is 3. The number of aryl methyl sites for hydroxylation is 1. The number of nitrogens with one attached hydrogen (secondary N) is 2. The molecule has 6 fully saturated rings. The Morgan fingerprint density at radius 1 is 0.917 bits per heavy atom. The van der Waals surface area contributed by atoms with Crippen LogP contribution in [0.1, 0.15) is 158 Å². The standard InChI is InChI=1S/C58H70BrN7O5S/c1-35(37-12-14-39(15-13-37)48-36(2)60-34-72-48)61-50(68)46-31-41(67)32-65(46)52(70)49(55(3,4)5)62-54(71)57-25-22-56(23-26-57,24-27-57)33-64-28-18-38(19-29-64)40-16-17-44-42(30-40)58(20-7-6-8-21-58)53-63-51(69)47-43(59)10-9-11-45(47)66(44)53/h9-17,30,34-35,38,41,46,49,67H,6-8,18-29,31-33H2,1-5H3,(H,61,68)(H,62,71)/t35-,41+,46-,49+,56?,57?/m0/s1. The van der Waals surface area contributed by atoms with Crippen molar-refractivity contribution in [2.75, 3.05) is 26.2 Å². The van der Waals surface area contributed by atoms with Crippen molar-refractivity contribution < 1.29 is 19.5 Å². The molecule has 3 aromatic carbocycles. The topological polar surface area (TPSA) is 150 Å². The van der Waals surface area contributed by atoms with Crippen LogP contribution in [0.3, 0.4) is 0 Å². The van der Waals surface area contributed by atoms with Crippen molar-refractivity contribution in [3.63, 3.8) is 0 Å². The van der Waals surface area contributed by atoms with Crippen LogP contribution in [0.25, 0.3) is 27.0 Å². The molecular weight excluding hydrogens is 987 g/mol. The average Bonchev–Trinajstić information content (AvgIpc) is 4.07. The lowest BCUT2D eigenvalue weighted by molar-refractivity contribution is -0.150. The van der Waals surface area contributed by atoms with Gasteiger partial charge in [0.15, 0.2) is 0 Å². The Kier molecular flexibility index (Phi) is 13.0. The summed E-state index contributed by atoms with van der Waals surface area (Å²) in [4.78, 5) is 71.3. The van der Waals surface area contributed by atoms with Gasteiger partial charge < -0.3 is 25.5 Å². The van der Waals surface area contributed by atoms with Crippen LogP contribution in [-0.2, 0) is 19.8 Å². The Morgan fingerprint density at radius 2 is 1.62 bits per heavy atom. The van der Waals surface area contributed by atoms with E-state index in [0.717, 1.165) is 134 Å². The van der Waals surface area contributed by atoms with Crippen molar-refractivity contribution in [3.05, 3.63) is 109 Å². The molecule has 4 aliphatic carbocycles. The Balaban J connectivity index is 0.713. The molecule has 12 nitrogen and oxygen atoms in total. The Bertz CT molecular complexity index is 2960. The number of rotatable bonds is 10. The number of piperidine rings is 1. The molecule has 3 aliphatic heterocycles. The minimum Gasteiger partial charge on any atom is -0.391 e. The van der Waals surface area contributed by atoms with Crippen LogP contribution in [-0.4, -0.2) is 91.5 Å². The highest BCUT2D eigenvalue weighted by Crippen LogP contribution is 2.58. The molecule has 5 heterocycles. The Morgan fingerprint density at radius 3 is 2.29 bits per heavy atom. The summed E-state index contributed by atoms with van der Waals surface area (Å²) in [6, 6.07) is 19.2. The molecule has 7 aliphatic rings. The van der Waals surface area contributed by atoms with Crippen LogP contribution in [0.2, 0.25) is 0 Å². The van der Waals surface area contributed by atoms with Crippen LogP contribution in [0.15, 0.2) is 75.4 Å². The van der Waals surface area contributed by atoms with Crippen molar-refractivity contribution in [2.45, 2.75) is 160 Å². The lowest BCUT2D eigenvalue weighted by Crippen LogP contribution is -2.61. The number of benzene rings is 3. The molecule has 3 N–H and O–H groups in total. The Hall–Kier alpha value is -4.76. The van der Waals surface area contributed by atoms with Gasteiger partial charge in [0.1, 0.15) is 17.9 Å². The zero-order chi connectivity index (χ0) is 50.3. The largest absolute Gasteiger partial charge is 0.391 e. The molecule has 0 radical (unpaired) electrons. The maximum atomic E-state index is 14.6. The summed E-state index contributed by atoms with van der Waals surface area (Å²) in [7, 11) is 0. The fourth-order valence-corrected chi connectivity index (χ4v) is 15.3. The normalized spacial score (nSPS) is 25.8. The second-order valence-corrected chi connectivity index (χ2v) is 25.5. The summed E-state index contributed by atoms with van der Waals surface area (Å²) in [5, 5.41) is 17.9. The number of fused-ring (bicyclic) bond motifs is 10. The highest BCUT2D eigenvalue weighted by atomic mass is 79.9. The molecule has 72 heavy (non-hydrogen) atoms. The summed E-state index contributed by atoms with van der Waals surface area (Å²) in [5.41, 5.74) is 8.36. The first-order chi connectivity index (χ1) is 34.5. The zero-order valence-electron chi connectivity index (χ0n) is 42.6. The van der Waals surface area contributed by atoms with E-state index in [4.69, 9.17) is 4.98 Å². The third kappa shape index (κ3) is 8.67. The van der Waals surface area contributed by atoms with Gasteiger partial charge >= 0.3 is 0 Å². The third-order valence-corrected chi connectivity index (χ3v) is 19.9. The number of aliphatic hydroxyl groups excluding tert-OH is 1. The predicted octanol–water partition coefficient (Wildman–Crippen LogP) is 10.0. The van der Waals surface area contributed by atoms with Crippen LogP contribution in [0.5, 0.6) is 0 Å². The van der Waals surface area contributed by atoms with Gasteiger partial charge in [-0.05, 0) is 164 Å². The summed E-state index contributed by atoms with van der Waals surface area (Å²) in [6.07, 6.45) is 12.5. The monoisotopic (exact) mass is 1060 g/mol. The molecule has 4 atom stereocenters. The van der Waals surface area contributed by atoms with Gasteiger partial charge in [-0.15, -0.1) is 11.3 Å². The van der Waals surface area contributed by atoms with E-state index in [-0.39, 0.29) is 53.1 Å². The number of nitrogens with zero attached hydrogens (tertiary/aromatic N) is 5. The van der Waals surface area contributed by atoms with E-state index in [1.165, 1.54) is 28.1 Å². The molecule has 3 amide bonds. The molecule has 380 valence electrons. The minimum atomic E-state index is -0.854. The summed E-state index contributed by atoms with van der Waals surface area (Å²) in [5.74, 6) is 0.717. The number of carbonyl (C=O) groups excluding carboxylic acids is 3. The second-order valence-electron chi connectivity index (χ2n) is 23.7. The van der Waals surface area contributed by atoms with E-state index >= 15 is 0 Å². The van der Waals surface area contributed by atoms with Gasteiger partial charge in [-0.1, -0.05) is 82.5 Å². The first-order valence-corrected chi connectivity index (χ1v) is 28.3. The molecule has 0 unspecified atom stereocenters. The van der Waals surface area contributed by atoms with E-state index in [9.17, 15) is 24.3 Å². The fraction of sp³-hybridized carbons (Fsp3) is 0.552. The molecule has 2 saturated heterocycles. The maximum Gasteiger partial charge on any atom is 0.281 e. The van der Waals surface area contributed by atoms with Crippen molar-refractivity contribution in [1.29, 1.82) is 0 Å². The van der Waals surface area contributed by atoms with E-state index in [0.29, 0.717) is 11.3 Å². The van der Waals surface area contributed by atoms with Gasteiger partial charge in [-0.3, -0.25) is 23.7 Å². The lowest BCUT2D eigenvalue weighted by atomic mass is 9.53. The predicted molar refractivity (Wildman–Crippen MR) is 286 cm³/mol. The minimum absolute atomic E-state index is 0.0432. The van der Waals surface area contributed by atoms with E-state index in [2.05, 4.69) is 65.3 Å². The van der Waals surface area contributed by atoms with Crippen LogP contribution >= 0.6 is 27.3 Å². The number of thiazole rings is 1. The molecule has 5 aromatic rings.